The number of rotatable bonds is 0. The molecule has 0 aromatic carbocycles. The fraction of sp³-hybridized carbons (Fsp3) is 0. The van der Waals surface area contributed by atoms with E-state index in [4.69, 9.17) is 0 Å². The second-order valence-electron chi connectivity index (χ2n) is 0. The molecule has 5 heavy (non-hydrogen) atoms. The maximum absolute atomic E-state index is 0. The summed E-state index contributed by atoms with van der Waals surface area (Å²) in [5.41, 5.74) is 0. The molecule has 5 heteroatoms. The standard InChI is InChI=1S/Co.Li.Mn.2Ni.H. The SMILES string of the molecule is [Co].[LiH].[Mn].[Ni].[Ni]. The summed E-state index contributed by atoms with van der Waals surface area (Å²) in [6, 6.07) is 0. The largest absolute Gasteiger partial charge is 0 e. The molecule has 0 spiro atoms. The third-order valence-electron chi connectivity index (χ3n) is 0. The third kappa shape index (κ3) is 20.6. The molecule has 2 radical (unpaired) electrons. The van der Waals surface area contributed by atoms with Crippen LogP contribution in [0.2, 0.25) is 0 Å². The van der Waals surface area contributed by atoms with Gasteiger partial charge in [-0.15, -0.1) is 0 Å². The van der Waals surface area contributed by atoms with Gasteiger partial charge in [0.1, 0.15) is 0 Å². The van der Waals surface area contributed by atoms with Gasteiger partial charge in [-0.05, 0) is 0 Å². The van der Waals surface area contributed by atoms with Gasteiger partial charge >= 0.3 is 18.9 Å². The van der Waals surface area contributed by atoms with Gasteiger partial charge in [0.05, 0.1) is 0 Å². The summed E-state index contributed by atoms with van der Waals surface area (Å²) in [5.74, 6) is 0. The third-order valence-corrected chi connectivity index (χ3v) is 0. The van der Waals surface area contributed by atoms with Crippen LogP contribution in [0.4, 0.5) is 0 Å². The van der Waals surface area contributed by atoms with Crippen LogP contribution in [-0.2, 0) is 66.8 Å². The van der Waals surface area contributed by atoms with E-state index in [0.29, 0.717) is 0 Å². The molecule has 0 atom stereocenters. The van der Waals surface area contributed by atoms with Gasteiger partial charge in [0.25, 0.3) is 0 Å². The fourth-order valence-electron chi connectivity index (χ4n) is 0. The molecule has 0 aliphatic rings. The second kappa shape index (κ2) is 30.5. The Bertz CT molecular complexity index is 9.61. The Morgan fingerprint density at radius 3 is 0.800 bits per heavy atom. The first-order valence-electron chi connectivity index (χ1n) is 0. The molecule has 0 saturated carbocycles. The van der Waals surface area contributed by atoms with Crippen molar-refractivity contribution in [2.45, 2.75) is 0 Å². The smallest absolute Gasteiger partial charge is 0 e. The van der Waals surface area contributed by atoms with E-state index in [2.05, 4.69) is 0 Å². The Labute approximate surface area is 84.7 Å². The van der Waals surface area contributed by atoms with E-state index < -0.39 is 0 Å². The minimum Gasteiger partial charge on any atom is 0 e. The molecule has 0 heterocycles. The Balaban J connectivity index is 0. The molecular formula is HCoLiMnNi2. The van der Waals surface area contributed by atoms with Crippen molar-refractivity contribution in [3.05, 3.63) is 0 Å². The van der Waals surface area contributed by atoms with Crippen LogP contribution >= 0.6 is 0 Å². The van der Waals surface area contributed by atoms with Gasteiger partial charge < -0.3 is 0 Å². The van der Waals surface area contributed by atoms with Crippen molar-refractivity contribution in [2.24, 2.45) is 0 Å². The maximum atomic E-state index is 0. The van der Waals surface area contributed by atoms with Crippen LogP contribution in [0.5, 0.6) is 0 Å². The normalized spacial score (nSPS) is 0. The first-order chi connectivity index (χ1) is 0. The molecule has 0 aromatic rings. The average Bonchev–Trinajstić information content (AvgIpc) is 0. The summed E-state index contributed by atoms with van der Waals surface area (Å²) in [7, 11) is 0. The molecule has 0 aliphatic heterocycles. The van der Waals surface area contributed by atoms with E-state index >= 15 is 0 Å². The van der Waals surface area contributed by atoms with E-state index in [9.17, 15) is 0 Å². The van der Waals surface area contributed by atoms with Crippen LogP contribution in [0.1, 0.15) is 0 Å². The van der Waals surface area contributed by atoms with Crippen LogP contribution < -0.4 is 0 Å². The minimum atomic E-state index is 0. The second-order valence-corrected chi connectivity index (χ2v) is 0. The van der Waals surface area contributed by atoms with Gasteiger partial charge in [-0.3, -0.25) is 0 Å². The van der Waals surface area contributed by atoms with Crippen molar-refractivity contribution in [1.29, 1.82) is 0 Å². The van der Waals surface area contributed by atoms with Crippen LogP contribution in [0, 0.1) is 0 Å². The van der Waals surface area contributed by atoms with E-state index in [1.165, 1.54) is 0 Å². The predicted octanol–water partition coefficient (Wildman–Crippen LogP) is -0.659. The maximum Gasteiger partial charge on any atom is 0 e. The number of hydrogen-bond donors (Lipinski definition) is 0. The Morgan fingerprint density at radius 2 is 0.800 bits per heavy atom. The zero-order chi connectivity index (χ0) is 0. The molecular weight excluding hydrogens is 238 g/mol. The first kappa shape index (κ1) is 48.8. The molecule has 38 valence electrons. The molecule has 0 aliphatic carbocycles. The van der Waals surface area contributed by atoms with Gasteiger partial charge in [0, 0.05) is 66.8 Å². The molecule has 0 nitrogen and oxygen atoms in total. The molecule has 0 aromatic heterocycles. The monoisotopic (exact) mass is 238 g/mol. The average molecular weight is 239 g/mol. The van der Waals surface area contributed by atoms with Gasteiger partial charge in [0.15, 0.2) is 0 Å². The fourth-order valence-corrected chi connectivity index (χ4v) is 0. The Hall–Kier alpha value is 2.61. The van der Waals surface area contributed by atoms with Crippen molar-refractivity contribution < 1.29 is 66.8 Å². The van der Waals surface area contributed by atoms with Crippen molar-refractivity contribution in [2.75, 3.05) is 0 Å². The first-order valence-corrected chi connectivity index (χ1v) is 0. The molecule has 0 unspecified atom stereocenters. The van der Waals surface area contributed by atoms with Crippen LogP contribution in [-0.4, -0.2) is 18.9 Å². The summed E-state index contributed by atoms with van der Waals surface area (Å²) in [6.45, 7) is 0. The Morgan fingerprint density at radius 1 is 0.800 bits per heavy atom. The molecule has 0 bridgehead atoms. The minimum absolute atomic E-state index is 0. The quantitative estimate of drug-likeness (QED) is 0.492. The topological polar surface area (TPSA) is 0 Å². The molecule has 0 amide bonds. The summed E-state index contributed by atoms with van der Waals surface area (Å²) in [6.07, 6.45) is 0. The van der Waals surface area contributed by atoms with E-state index in [1.807, 2.05) is 0 Å². The van der Waals surface area contributed by atoms with Crippen molar-refractivity contribution >= 4 is 18.9 Å². The van der Waals surface area contributed by atoms with E-state index in [-0.39, 0.29) is 85.7 Å². The Kier molecular flexibility index (Phi) is 298. The van der Waals surface area contributed by atoms with Gasteiger partial charge in [0.2, 0.25) is 0 Å². The van der Waals surface area contributed by atoms with Crippen molar-refractivity contribution in [3.8, 4) is 0 Å². The van der Waals surface area contributed by atoms with E-state index in [0.717, 1.165) is 0 Å². The molecule has 0 saturated heterocycles. The summed E-state index contributed by atoms with van der Waals surface area (Å²) >= 11 is 0. The zero-order valence-corrected chi connectivity index (χ0v) is 5.54. The summed E-state index contributed by atoms with van der Waals surface area (Å²) in [4.78, 5) is 0. The summed E-state index contributed by atoms with van der Waals surface area (Å²) < 4.78 is 0. The summed E-state index contributed by atoms with van der Waals surface area (Å²) in [5, 5.41) is 0. The molecule has 0 fully saturated rings. The van der Waals surface area contributed by atoms with Crippen LogP contribution in [0.3, 0.4) is 0 Å². The van der Waals surface area contributed by atoms with Gasteiger partial charge in [-0.2, -0.15) is 0 Å². The van der Waals surface area contributed by atoms with Crippen LogP contribution in [0.25, 0.3) is 0 Å². The zero-order valence-electron chi connectivity index (χ0n) is 1.34. The molecule has 0 N–H and O–H groups in total. The van der Waals surface area contributed by atoms with Crippen molar-refractivity contribution in [1.82, 2.24) is 0 Å². The van der Waals surface area contributed by atoms with Crippen molar-refractivity contribution in [3.63, 3.8) is 0 Å². The van der Waals surface area contributed by atoms with E-state index in [1.54, 1.807) is 0 Å². The van der Waals surface area contributed by atoms with Gasteiger partial charge in [-0.1, -0.05) is 0 Å². The number of hydrogen-bond acceptors (Lipinski definition) is 0. The van der Waals surface area contributed by atoms with Gasteiger partial charge in [-0.25, -0.2) is 0 Å². The molecule has 0 rings (SSSR count). The predicted molar refractivity (Wildman–Crippen MR) is 7.15 cm³/mol. The van der Waals surface area contributed by atoms with Crippen LogP contribution in [0.15, 0.2) is 0 Å².